The lowest BCUT2D eigenvalue weighted by molar-refractivity contribution is 0.151. The monoisotopic (exact) mass is 314 g/mol. The van der Waals surface area contributed by atoms with Gasteiger partial charge in [-0.2, -0.15) is 4.98 Å². The predicted octanol–water partition coefficient (Wildman–Crippen LogP) is 3.18. The van der Waals surface area contributed by atoms with Gasteiger partial charge in [0.2, 0.25) is 0 Å². The minimum atomic E-state index is -0.718. The number of aliphatic hydroxyl groups excluding tert-OH is 1. The van der Waals surface area contributed by atoms with Gasteiger partial charge in [-0.1, -0.05) is 17.3 Å². The van der Waals surface area contributed by atoms with Gasteiger partial charge in [-0.05, 0) is 35.0 Å². The first-order chi connectivity index (χ1) is 8.16. The highest BCUT2D eigenvalue weighted by Crippen LogP contribution is 2.29. The summed E-state index contributed by atoms with van der Waals surface area (Å²) in [4.78, 5) is 5.21. The molecule has 0 aliphatic heterocycles. The van der Waals surface area contributed by atoms with Crippen LogP contribution >= 0.6 is 27.7 Å². The smallest absolute Gasteiger partial charge is 0.255 e. The molecule has 0 amide bonds. The lowest BCUT2D eigenvalue weighted by Gasteiger charge is -2.00. The second-order valence-electron chi connectivity index (χ2n) is 3.44. The minimum Gasteiger partial charge on any atom is -0.384 e. The van der Waals surface area contributed by atoms with E-state index in [1.807, 2.05) is 24.3 Å². The fraction of sp³-hybridized carbons (Fsp3) is 0.273. The van der Waals surface area contributed by atoms with E-state index >= 15 is 0 Å². The van der Waals surface area contributed by atoms with Crippen molar-refractivity contribution in [2.45, 2.75) is 23.7 Å². The van der Waals surface area contributed by atoms with E-state index in [1.165, 1.54) is 0 Å². The number of benzene rings is 1. The maximum atomic E-state index is 9.26. The molecule has 2 rings (SSSR count). The van der Waals surface area contributed by atoms with E-state index in [-0.39, 0.29) is 5.89 Å². The molecule has 0 bridgehead atoms. The van der Waals surface area contributed by atoms with E-state index in [2.05, 4.69) is 26.1 Å². The molecule has 0 saturated heterocycles. The van der Waals surface area contributed by atoms with E-state index in [9.17, 15) is 5.11 Å². The Kier molecular flexibility index (Phi) is 4.20. The van der Waals surface area contributed by atoms with Gasteiger partial charge in [0.25, 0.3) is 5.89 Å². The van der Waals surface area contributed by atoms with Crippen molar-refractivity contribution in [1.82, 2.24) is 10.1 Å². The largest absolute Gasteiger partial charge is 0.384 e. The Morgan fingerprint density at radius 3 is 2.88 bits per heavy atom. The summed E-state index contributed by atoms with van der Waals surface area (Å²) in [5.41, 5.74) is 0. The molecule has 1 aromatic carbocycles. The van der Waals surface area contributed by atoms with Gasteiger partial charge in [0.15, 0.2) is 5.82 Å². The molecule has 1 atom stereocenters. The van der Waals surface area contributed by atoms with Crippen molar-refractivity contribution < 1.29 is 9.63 Å². The van der Waals surface area contributed by atoms with Crippen LogP contribution < -0.4 is 0 Å². The third-order valence-corrected chi connectivity index (χ3v) is 4.06. The molecule has 6 heteroatoms. The molecule has 1 aromatic heterocycles. The first-order valence-corrected chi connectivity index (χ1v) is 6.82. The lowest BCUT2D eigenvalue weighted by atomic mass is 10.4. The van der Waals surface area contributed by atoms with Crippen molar-refractivity contribution in [3.05, 3.63) is 40.5 Å². The van der Waals surface area contributed by atoms with Gasteiger partial charge in [-0.15, -0.1) is 11.8 Å². The molecule has 17 heavy (non-hydrogen) atoms. The molecular formula is C11H11BrN2O2S. The van der Waals surface area contributed by atoms with Gasteiger partial charge in [-0.25, -0.2) is 0 Å². The molecule has 1 heterocycles. The van der Waals surface area contributed by atoms with Crippen LogP contribution in [-0.4, -0.2) is 15.2 Å². The van der Waals surface area contributed by atoms with Gasteiger partial charge in [0.1, 0.15) is 6.10 Å². The average molecular weight is 315 g/mol. The SMILES string of the molecule is CC(O)c1nc(CSc2ccccc2Br)no1. The zero-order chi connectivity index (χ0) is 12.3. The second kappa shape index (κ2) is 5.66. The number of halogens is 1. The number of hydrogen-bond acceptors (Lipinski definition) is 5. The molecule has 0 saturated carbocycles. The highest BCUT2D eigenvalue weighted by Gasteiger charge is 2.11. The maximum absolute atomic E-state index is 9.26. The van der Waals surface area contributed by atoms with Gasteiger partial charge in [0.05, 0.1) is 5.75 Å². The lowest BCUT2D eigenvalue weighted by Crippen LogP contribution is -1.91. The number of nitrogens with zero attached hydrogens (tertiary/aromatic N) is 2. The van der Waals surface area contributed by atoms with Crippen LogP contribution in [0.15, 0.2) is 38.2 Å². The summed E-state index contributed by atoms with van der Waals surface area (Å²) in [7, 11) is 0. The van der Waals surface area contributed by atoms with Crippen molar-refractivity contribution in [3.63, 3.8) is 0 Å². The topological polar surface area (TPSA) is 59.2 Å². The van der Waals surface area contributed by atoms with Crippen LogP contribution in [0, 0.1) is 0 Å². The number of thioether (sulfide) groups is 1. The van der Waals surface area contributed by atoms with E-state index in [0.29, 0.717) is 11.6 Å². The number of aromatic nitrogens is 2. The molecular weight excluding hydrogens is 304 g/mol. The summed E-state index contributed by atoms with van der Waals surface area (Å²) < 4.78 is 5.95. The Bertz CT molecular complexity index is 502. The molecule has 1 N–H and O–H groups in total. The fourth-order valence-corrected chi connectivity index (χ4v) is 2.61. The molecule has 0 fully saturated rings. The van der Waals surface area contributed by atoms with Crippen LogP contribution in [0.3, 0.4) is 0 Å². The van der Waals surface area contributed by atoms with E-state index in [0.717, 1.165) is 9.37 Å². The maximum Gasteiger partial charge on any atom is 0.255 e. The van der Waals surface area contributed by atoms with Gasteiger partial charge in [0, 0.05) is 9.37 Å². The quantitative estimate of drug-likeness (QED) is 0.878. The van der Waals surface area contributed by atoms with Crippen LogP contribution in [0.5, 0.6) is 0 Å². The number of hydrogen-bond donors (Lipinski definition) is 1. The molecule has 90 valence electrons. The van der Waals surface area contributed by atoms with Gasteiger partial charge in [-0.3, -0.25) is 0 Å². The molecule has 4 nitrogen and oxygen atoms in total. The van der Waals surface area contributed by atoms with Gasteiger partial charge < -0.3 is 9.63 Å². The summed E-state index contributed by atoms with van der Waals surface area (Å²) >= 11 is 5.08. The predicted molar refractivity (Wildman–Crippen MR) is 68.6 cm³/mol. The first kappa shape index (κ1) is 12.6. The van der Waals surface area contributed by atoms with Crippen molar-refractivity contribution >= 4 is 27.7 Å². The second-order valence-corrected chi connectivity index (χ2v) is 5.32. The van der Waals surface area contributed by atoms with E-state index in [1.54, 1.807) is 18.7 Å². The molecule has 2 aromatic rings. The normalized spacial score (nSPS) is 12.6. The van der Waals surface area contributed by atoms with Crippen molar-refractivity contribution in [1.29, 1.82) is 0 Å². The van der Waals surface area contributed by atoms with Crippen molar-refractivity contribution in [2.24, 2.45) is 0 Å². The molecule has 0 aliphatic carbocycles. The highest BCUT2D eigenvalue weighted by atomic mass is 79.9. The summed E-state index contributed by atoms with van der Waals surface area (Å²) in [5, 5.41) is 13.1. The van der Waals surface area contributed by atoms with E-state index in [4.69, 9.17) is 4.52 Å². The zero-order valence-corrected chi connectivity index (χ0v) is 11.5. The van der Waals surface area contributed by atoms with Crippen LogP contribution in [0.4, 0.5) is 0 Å². The Morgan fingerprint density at radius 2 is 2.24 bits per heavy atom. The average Bonchev–Trinajstić information content (AvgIpc) is 2.77. The van der Waals surface area contributed by atoms with E-state index < -0.39 is 6.10 Å². The molecule has 0 spiro atoms. The summed E-state index contributed by atoms with van der Waals surface area (Å²) in [5.74, 6) is 1.45. The summed E-state index contributed by atoms with van der Waals surface area (Å²) in [6.45, 7) is 1.60. The molecule has 1 unspecified atom stereocenters. The highest BCUT2D eigenvalue weighted by molar-refractivity contribution is 9.10. The Hall–Kier alpha value is -0.850. The Morgan fingerprint density at radius 1 is 1.47 bits per heavy atom. The molecule has 0 aliphatic rings. The minimum absolute atomic E-state index is 0.257. The number of aliphatic hydroxyl groups is 1. The Labute approximate surface area is 112 Å². The third kappa shape index (κ3) is 3.31. The third-order valence-electron chi connectivity index (χ3n) is 2.03. The van der Waals surface area contributed by atoms with Crippen LogP contribution in [0.1, 0.15) is 24.7 Å². The van der Waals surface area contributed by atoms with Crippen molar-refractivity contribution in [3.8, 4) is 0 Å². The van der Waals surface area contributed by atoms with Crippen LogP contribution in [0.2, 0.25) is 0 Å². The summed E-state index contributed by atoms with van der Waals surface area (Å²) in [6, 6.07) is 7.95. The number of rotatable bonds is 4. The zero-order valence-electron chi connectivity index (χ0n) is 9.13. The van der Waals surface area contributed by atoms with Crippen LogP contribution in [0.25, 0.3) is 0 Å². The molecule has 0 radical (unpaired) electrons. The van der Waals surface area contributed by atoms with Gasteiger partial charge >= 0.3 is 0 Å². The van der Waals surface area contributed by atoms with Crippen LogP contribution in [-0.2, 0) is 5.75 Å². The first-order valence-electron chi connectivity index (χ1n) is 5.04. The Balaban J connectivity index is 2.00. The van der Waals surface area contributed by atoms with Crippen molar-refractivity contribution in [2.75, 3.05) is 0 Å². The standard InChI is InChI=1S/C11H11BrN2O2S/c1-7(15)11-13-10(14-16-11)6-17-9-5-3-2-4-8(9)12/h2-5,7,15H,6H2,1H3. The summed E-state index contributed by atoms with van der Waals surface area (Å²) in [6.07, 6.45) is -0.718. The fourth-order valence-electron chi connectivity index (χ4n) is 1.20.